The molecule has 5 rings (SSSR count). The molecule has 35 heavy (non-hydrogen) atoms. The molecule has 1 saturated heterocycles. The van der Waals surface area contributed by atoms with Crippen molar-refractivity contribution in [1.29, 1.82) is 0 Å². The first-order valence-electron chi connectivity index (χ1n) is 13.0. The molecule has 3 atom stereocenters. The molecule has 2 aliphatic carbocycles. The number of rotatable bonds is 6. The number of carbonyl (C=O) groups excluding carboxylic acids is 1. The quantitative estimate of drug-likeness (QED) is 0.606. The minimum absolute atomic E-state index is 0.107. The maximum absolute atomic E-state index is 14.4. The molecule has 1 N–H and O–H groups in total. The van der Waals surface area contributed by atoms with Crippen molar-refractivity contribution in [1.82, 2.24) is 20.2 Å². The molecule has 1 aliphatic heterocycles. The van der Waals surface area contributed by atoms with Gasteiger partial charge in [0.05, 0.1) is 11.6 Å². The van der Waals surface area contributed by atoms with Gasteiger partial charge in [-0.2, -0.15) is 0 Å². The van der Waals surface area contributed by atoms with Crippen LogP contribution in [0.25, 0.3) is 0 Å². The van der Waals surface area contributed by atoms with Crippen molar-refractivity contribution in [2.24, 2.45) is 0 Å². The Bertz CT molecular complexity index is 1020. The minimum Gasteiger partial charge on any atom is -0.353 e. The molecule has 3 aliphatic rings. The Kier molecular flexibility index (Phi) is 7.54. The molecule has 2 aromatic rings. The highest BCUT2D eigenvalue weighted by molar-refractivity contribution is 6.30. The summed E-state index contributed by atoms with van der Waals surface area (Å²) < 4.78 is 14.4. The summed E-state index contributed by atoms with van der Waals surface area (Å²) in [5.74, 6) is 0.857. The van der Waals surface area contributed by atoms with Crippen LogP contribution >= 0.6 is 11.6 Å². The first-order valence-corrected chi connectivity index (χ1v) is 13.4. The van der Waals surface area contributed by atoms with E-state index in [1.165, 1.54) is 38.4 Å². The summed E-state index contributed by atoms with van der Waals surface area (Å²) >= 11 is 6.13. The van der Waals surface area contributed by atoms with Gasteiger partial charge in [0.25, 0.3) is 0 Å². The highest BCUT2D eigenvalue weighted by Crippen LogP contribution is 2.44. The molecule has 2 heterocycles. The van der Waals surface area contributed by atoms with Crippen LogP contribution in [0.15, 0.2) is 30.6 Å². The van der Waals surface area contributed by atoms with Gasteiger partial charge >= 0.3 is 0 Å². The number of hydrogen-bond acceptors (Lipinski definition) is 5. The van der Waals surface area contributed by atoms with E-state index in [4.69, 9.17) is 11.6 Å². The van der Waals surface area contributed by atoms with E-state index in [9.17, 15) is 9.18 Å². The van der Waals surface area contributed by atoms with E-state index >= 15 is 0 Å². The zero-order valence-corrected chi connectivity index (χ0v) is 21.2. The van der Waals surface area contributed by atoms with Gasteiger partial charge in [-0.3, -0.25) is 4.79 Å². The van der Waals surface area contributed by atoms with Crippen molar-refractivity contribution >= 4 is 23.3 Å². The molecular formula is C27H35ClFN5O. The third-order valence-corrected chi connectivity index (χ3v) is 8.17. The number of aromatic nitrogens is 2. The van der Waals surface area contributed by atoms with E-state index in [0.29, 0.717) is 55.9 Å². The monoisotopic (exact) mass is 499 g/mol. The first kappa shape index (κ1) is 24.4. The van der Waals surface area contributed by atoms with Gasteiger partial charge in [0, 0.05) is 49.4 Å². The second-order valence-corrected chi connectivity index (χ2v) is 10.7. The number of halogens is 2. The van der Waals surface area contributed by atoms with E-state index in [1.807, 2.05) is 36.1 Å². The summed E-state index contributed by atoms with van der Waals surface area (Å²) in [6.45, 7) is 5.29. The van der Waals surface area contributed by atoms with Gasteiger partial charge in [0.2, 0.25) is 5.91 Å². The Labute approximate surface area is 212 Å². The third-order valence-electron chi connectivity index (χ3n) is 7.92. The summed E-state index contributed by atoms with van der Waals surface area (Å²) in [5.41, 5.74) is 2.48. The highest BCUT2D eigenvalue weighted by atomic mass is 35.5. The van der Waals surface area contributed by atoms with Crippen molar-refractivity contribution in [2.75, 3.05) is 37.6 Å². The number of nitrogens with one attached hydrogen (secondary N) is 1. The van der Waals surface area contributed by atoms with Gasteiger partial charge in [-0.15, -0.1) is 0 Å². The van der Waals surface area contributed by atoms with Crippen molar-refractivity contribution in [3.05, 3.63) is 52.4 Å². The van der Waals surface area contributed by atoms with Crippen molar-refractivity contribution in [3.8, 4) is 0 Å². The molecular weight excluding hydrogens is 465 g/mol. The Morgan fingerprint density at radius 2 is 1.83 bits per heavy atom. The fourth-order valence-electron chi connectivity index (χ4n) is 5.91. The number of benzene rings is 1. The summed E-state index contributed by atoms with van der Waals surface area (Å²) in [6.07, 6.45) is 7.12. The standard InChI is InChI=1S/C27H35ClFN5O/c1-18-15-23(29)25-24(18)26(32-17-31-25)33-11-13-34(14-12-33)27(35)22(19-7-9-20(28)10-8-19)16-30-21-5-3-2-4-6-21/h7-10,17-18,21-23,30H,2-6,11-16H2,1H3/t18-,22?,23+/m1/s1. The van der Waals surface area contributed by atoms with Crippen LogP contribution in [0.5, 0.6) is 0 Å². The molecule has 1 aromatic heterocycles. The van der Waals surface area contributed by atoms with Crippen LogP contribution in [0.4, 0.5) is 10.2 Å². The van der Waals surface area contributed by atoms with Crippen LogP contribution in [0, 0.1) is 0 Å². The van der Waals surface area contributed by atoms with Crippen molar-refractivity contribution in [2.45, 2.75) is 69.5 Å². The van der Waals surface area contributed by atoms with Crippen LogP contribution in [0.2, 0.25) is 5.02 Å². The average Bonchev–Trinajstić information content (AvgIpc) is 3.19. The maximum atomic E-state index is 14.4. The number of hydrogen-bond donors (Lipinski definition) is 1. The topological polar surface area (TPSA) is 61.4 Å². The lowest BCUT2D eigenvalue weighted by Crippen LogP contribution is -2.51. The number of carbonyl (C=O) groups is 1. The van der Waals surface area contributed by atoms with Crippen molar-refractivity contribution in [3.63, 3.8) is 0 Å². The normalized spacial score (nSPS) is 23.9. The molecule has 1 unspecified atom stereocenters. The summed E-state index contributed by atoms with van der Waals surface area (Å²) in [4.78, 5) is 26.6. The van der Waals surface area contributed by atoms with Crippen molar-refractivity contribution < 1.29 is 9.18 Å². The van der Waals surface area contributed by atoms with E-state index in [0.717, 1.165) is 16.9 Å². The van der Waals surface area contributed by atoms with Gasteiger partial charge < -0.3 is 15.1 Å². The van der Waals surface area contributed by atoms with Gasteiger partial charge in [-0.1, -0.05) is 49.9 Å². The number of anilines is 1. The fourth-order valence-corrected chi connectivity index (χ4v) is 6.03. The number of piperazine rings is 1. The average molecular weight is 500 g/mol. The molecule has 1 amide bonds. The van der Waals surface area contributed by atoms with Crippen LogP contribution in [0.1, 0.15) is 80.3 Å². The van der Waals surface area contributed by atoms with Crippen LogP contribution < -0.4 is 10.2 Å². The van der Waals surface area contributed by atoms with E-state index < -0.39 is 6.17 Å². The Balaban J connectivity index is 1.27. The lowest BCUT2D eigenvalue weighted by atomic mass is 9.93. The maximum Gasteiger partial charge on any atom is 0.231 e. The largest absolute Gasteiger partial charge is 0.353 e. The van der Waals surface area contributed by atoms with Gasteiger partial charge in [-0.25, -0.2) is 14.4 Å². The first-order chi connectivity index (χ1) is 17.0. The molecule has 188 valence electrons. The predicted molar refractivity (Wildman–Crippen MR) is 137 cm³/mol. The zero-order valence-electron chi connectivity index (χ0n) is 20.4. The summed E-state index contributed by atoms with van der Waals surface area (Å²) in [7, 11) is 0. The van der Waals surface area contributed by atoms with E-state index in [2.05, 4.69) is 20.2 Å². The second kappa shape index (κ2) is 10.8. The van der Waals surface area contributed by atoms with Crippen LogP contribution in [-0.2, 0) is 4.79 Å². The molecule has 8 heteroatoms. The molecule has 1 aromatic carbocycles. The number of nitrogens with zero attached hydrogens (tertiary/aromatic N) is 4. The zero-order chi connectivity index (χ0) is 24.4. The van der Waals surface area contributed by atoms with Crippen LogP contribution in [0.3, 0.4) is 0 Å². The minimum atomic E-state index is -1.01. The molecule has 1 saturated carbocycles. The SMILES string of the molecule is C[C@@H]1C[C@H](F)c2ncnc(N3CCN(C(=O)C(CNC4CCCCC4)c4ccc(Cl)cc4)CC3)c21. The van der Waals surface area contributed by atoms with E-state index in [-0.39, 0.29) is 17.7 Å². The number of alkyl halides is 1. The van der Waals surface area contributed by atoms with Gasteiger partial charge in [-0.05, 0) is 42.9 Å². The number of amides is 1. The van der Waals surface area contributed by atoms with Crippen LogP contribution in [-0.4, -0.2) is 59.5 Å². The third kappa shape index (κ3) is 5.31. The molecule has 0 bridgehead atoms. The molecule has 0 spiro atoms. The van der Waals surface area contributed by atoms with E-state index in [1.54, 1.807) is 0 Å². The lowest BCUT2D eigenvalue weighted by Gasteiger charge is -2.38. The predicted octanol–water partition coefficient (Wildman–Crippen LogP) is 5.00. The lowest BCUT2D eigenvalue weighted by molar-refractivity contribution is -0.133. The molecule has 6 nitrogen and oxygen atoms in total. The summed E-state index contributed by atoms with van der Waals surface area (Å²) in [6, 6.07) is 8.17. The van der Waals surface area contributed by atoms with Gasteiger partial charge in [0.1, 0.15) is 18.3 Å². The highest BCUT2D eigenvalue weighted by Gasteiger charge is 2.36. The second-order valence-electron chi connectivity index (χ2n) is 10.3. The Morgan fingerprint density at radius 1 is 1.11 bits per heavy atom. The fraction of sp³-hybridized carbons (Fsp3) is 0.593. The number of fused-ring (bicyclic) bond motifs is 1. The summed E-state index contributed by atoms with van der Waals surface area (Å²) in [5, 5.41) is 4.36. The Hall–Kier alpha value is -2.25. The molecule has 2 fully saturated rings. The Morgan fingerprint density at radius 3 is 2.54 bits per heavy atom. The van der Waals surface area contributed by atoms with Gasteiger partial charge in [0.15, 0.2) is 0 Å². The smallest absolute Gasteiger partial charge is 0.231 e. The molecule has 0 radical (unpaired) electrons.